The van der Waals surface area contributed by atoms with Crippen LogP contribution in [0.15, 0.2) is 12.2 Å². The quantitative estimate of drug-likeness (QED) is 0.0700. The Morgan fingerprint density at radius 1 is 0.723 bits per heavy atom. The van der Waals surface area contributed by atoms with E-state index in [2.05, 4.69) is 53.7 Å². The van der Waals surface area contributed by atoms with Crippen molar-refractivity contribution in [2.24, 2.45) is 52.3 Å². The first-order valence-corrected chi connectivity index (χ1v) is 21.6. The molecule has 0 amide bonds. The highest BCUT2D eigenvalue weighted by Crippen LogP contribution is 2.68. The van der Waals surface area contributed by atoms with Crippen LogP contribution in [0, 0.1) is 52.3 Å². The van der Waals surface area contributed by atoms with Crippen LogP contribution < -0.4 is 0 Å². The van der Waals surface area contributed by atoms with Crippen LogP contribution in [0.4, 0.5) is 0 Å². The van der Waals surface area contributed by atoms with Gasteiger partial charge in [-0.1, -0.05) is 124 Å². The summed E-state index contributed by atoms with van der Waals surface area (Å²) in [6.45, 7) is 14.9. The number of fused-ring (bicyclic) bond motifs is 5. The number of ether oxygens (including phenoxy) is 1. The second-order valence-electron chi connectivity index (χ2n) is 18.3. The third kappa shape index (κ3) is 10.4. The van der Waals surface area contributed by atoms with Gasteiger partial charge in [0.05, 0.1) is 0 Å². The summed E-state index contributed by atoms with van der Waals surface area (Å²) < 4.78 is 6.54. The molecule has 47 heavy (non-hydrogen) atoms. The predicted octanol–water partition coefficient (Wildman–Crippen LogP) is 14.1. The van der Waals surface area contributed by atoms with Crippen LogP contribution >= 0.6 is 0 Å². The molecule has 4 aliphatic carbocycles. The van der Waals surface area contributed by atoms with Gasteiger partial charge in [0.15, 0.2) is 0 Å². The van der Waals surface area contributed by atoms with Crippen molar-refractivity contribution in [3.8, 4) is 0 Å². The zero-order chi connectivity index (χ0) is 33.7. The van der Waals surface area contributed by atoms with Crippen LogP contribution in [0.25, 0.3) is 0 Å². The van der Waals surface area contributed by atoms with Gasteiger partial charge in [-0.2, -0.15) is 0 Å². The van der Waals surface area contributed by atoms with Gasteiger partial charge in [-0.15, -0.1) is 0 Å². The smallest absolute Gasteiger partial charge is 0.306 e. The third-order valence-electron chi connectivity index (χ3n) is 14.8. The summed E-state index contributed by atoms with van der Waals surface area (Å²) >= 11 is 0. The minimum Gasteiger partial charge on any atom is -0.462 e. The molecule has 0 aromatic rings. The Morgan fingerprint density at radius 2 is 1.40 bits per heavy atom. The lowest BCUT2D eigenvalue weighted by Crippen LogP contribution is -2.58. The molecule has 4 fully saturated rings. The SMILES string of the molecule is CCCCCCCC/C=C\CCCCCCCC(=O)OC1CCCC2CC[C@@H]3[C@H](CC[C@]4(C)[C@@H]([C@H](C)CCCC(C)C)CC[C@@H]34)[C@]21C. The molecule has 4 aliphatic rings. The zero-order valence-electron chi connectivity index (χ0n) is 32.5. The standard InChI is InChI=1S/C45H80O2/c1-7-8-9-10-11-12-13-14-15-16-17-18-19-20-21-28-43(46)47-42-27-23-26-37-29-30-38-40-32-31-39(36(4)25-22-24-35(2)3)44(40,5)34-33-41(38)45(37,42)6/h14-15,35-42H,7-13,16-34H2,1-6H3/b15-14-/t36-,37?,38+,39-,40+,41+,42?,44-,45+/m1/s1. The van der Waals surface area contributed by atoms with E-state index >= 15 is 0 Å². The van der Waals surface area contributed by atoms with Crippen molar-refractivity contribution < 1.29 is 9.53 Å². The molecule has 0 N–H and O–H groups in total. The summed E-state index contributed by atoms with van der Waals surface area (Å²) in [5.74, 6) is 5.98. The van der Waals surface area contributed by atoms with Crippen molar-refractivity contribution in [2.45, 2.75) is 215 Å². The molecule has 0 spiro atoms. The van der Waals surface area contributed by atoms with Crippen LogP contribution in [0.2, 0.25) is 0 Å². The number of allylic oxidation sites excluding steroid dienone is 2. The fourth-order valence-corrected chi connectivity index (χ4v) is 12.1. The maximum atomic E-state index is 13.3. The topological polar surface area (TPSA) is 26.3 Å². The van der Waals surface area contributed by atoms with Crippen molar-refractivity contribution in [3.63, 3.8) is 0 Å². The van der Waals surface area contributed by atoms with Crippen LogP contribution in [0.3, 0.4) is 0 Å². The number of unbranched alkanes of at least 4 members (excludes halogenated alkanes) is 11. The maximum Gasteiger partial charge on any atom is 0.306 e. The Bertz CT molecular complexity index is 921. The third-order valence-corrected chi connectivity index (χ3v) is 14.8. The molecular formula is C45H80O2. The van der Waals surface area contributed by atoms with Gasteiger partial charge in [0.25, 0.3) is 0 Å². The molecule has 2 nitrogen and oxygen atoms in total. The van der Waals surface area contributed by atoms with Crippen LogP contribution in [0.1, 0.15) is 208 Å². The number of carbonyl (C=O) groups is 1. The van der Waals surface area contributed by atoms with Gasteiger partial charge in [-0.3, -0.25) is 4.79 Å². The lowest BCUT2D eigenvalue weighted by Gasteiger charge is -2.62. The van der Waals surface area contributed by atoms with E-state index in [1.807, 2.05) is 0 Å². The van der Waals surface area contributed by atoms with Gasteiger partial charge in [0, 0.05) is 11.8 Å². The molecule has 4 rings (SSSR count). The molecule has 272 valence electrons. The molecule has 4 saturated carbocycles. The summed E-state index contributed by atoms with van der Waals surface area (Å²) in [5, 5.41) is 0. The summed E-state index contributed by atoms with van der Waals surface area (Å²) in [6.07, 6.45) is 38.9. The summed E-state index contributed by atoms with van der Waals surface area (Å²) in [6, 6.07) is 0. The van der Waals surface area contributed by atoms with Crippen LogP contribution in [-0.4, -0.2) is 12.1 Å². The number of esters is 1. The van der Waals surface area contributed by atoms with E-state index in [1.165, 1.54) is 148 Å². The molecule has 0 aromatic carbocycles. The lowest BCUT2D eigenvalue weighted by molar-refractivity contribution is -0.192. The lowest BCUT2D eigenvalue weighted by atomic mass is 9.44. The molecule has 0 radical (unpaired) electrons. The Kier molecular flexibility index (Phi) is 16.2. The zero-order valence-corrected chi connectivity index (χ0v) is 32.5. The highest BCUT2D eigenvalue weighted by atomic mass is 16.5. The minimum absolute atomic E-state index is 0.105. The number of rotatable bonds is 21. The fraction of sp³-hybridized carbons (Fsp3) is 0.933. The first-order chi connectivity index (χ1) is 22.7. The Morgan fingerprint density at radius 3 is 2.11 bits per heavy atom. The van der Waals surface area contributed by atoms with Crippen LogP contribution in [0.5, 0.6) is 0 Å². The molecule has 0 aromatic heterocycles. The van der Waals surface area contributed by atoms with Crippen molar-refractivity contribution in [3.05, 3.63) is 12.2 Å². The van der Waals surface area contributed by atoms with Crippen molar-refractivity contribution in [1.29, 1.82) is 0 Å². The van der Waals surface area contributed by atoms with Gasteiger partial charge in [0.2, 0.25) is 0 Å². The van der Waals surface area contributed by atoms with E-state index in [9.17, 15) is 4.79 Å². The van der Waals surface area contributed by atoms with E-state index in [0.717, 1.165) is 54.3 Å². The molecule has 2 unspecified atom stereocenters. The van der Waals surface area contributed by atoms with Crippen molar-refractivity contribution in [2.75, 3.05) is 0 Å². The average Bonchev–Trinajstić information content (AvgIpc) is 3.40. The molecule has 0 saturated heterocycles. The summed E-state index contributed by atoms with van der Waals surface area (Å²) in [7, 11) is 0. The minimum atomic E-state index is 0.105. The molecule has 0 heterocycles. The van der Waals surface area contributed by atoms with Gasteiger partial charge >= 0.3 is 5.97 Å². The molecule has 0 aliphatic heterocycles. The Balaban J connectivity index is 1.18. The van der Waals surface area contributed by atoms with E-state index in [4.69, 9.17) is 4.74 Å². The molecular weight excluding hydrogens is 572 g/mol. The molecule has 2 heteroatoms. The predicted molar refractivity (Wildman–Crippen MR) is 202 cm³/mol. The summed E-state index contributed by atoms with van der Waals surface area (Å²) in [5.41, 5.74) is 0.730. The Hall–Kier alpha value is -0.790. The van der Waals surface area contributed by atoms with Crippen LogP contribution in [-0.2, 0) is 9.53 Å². The highest BCUT2D eigenvalue weighted by molar-refractivity contribution is 5.69. The number of hydrogen-bond donors (Lipinski definition) is 0. The fourth-order valence-electron chi connectivity index (χ4n) is 12.1. The maximum absolute atomic E-state index is 13.3. The van der Waals surface area contributed by atoms with Crippen molar-refractivity contribution in [1.82, 2.24) is 0 Å². The highest BCUT2D eigenvalue weighted by Gasteiger charge is 2.62. The normalized spacial score (nSPS) is 34.3. The van der Waals surface area contributed by atoms with E-state index < -0.39 is 0 Å². The van der Waals surface area contributed by atoms with Gasteiger partial charge in [-0.25, -0.2) is 0 Å². The monoisotopic (exact) mass is 653 g/mol. The van der Waals surface area contributed by atoms with Gasteiger partial charge in [-0.05, 0) is 137 Å². The number of carbonyl (C=O) groups excluding carboxylic acids is 1. The number of hydrogen-bond acceptors (Lipinski definition) is 2. The summed E-state index contributed by atoms with van der Waals surface area (Å²) in [4.78, 5) is 13.3. The van der Waals surface area contributed by atoms with E-state index in [0.29, 0.717) is 11.8 Å². The molecule has 0 bridgehead atoms. The first-order valence-electron chi connectivity index (χ1n) is 21.6. The molecule has 9 atom stereocenters. The second-order valence-corrected chi connectivity index (χ2v) is 18.3. The van der Waals surface area contributed by atoms with E-state index in [-0.39, 0.29) is 17.5 Å². The van der Waals surface area contributed by atoms with E-state index in [1.54, 1.807) is 0 Å². The largest absolute Gasteiger partial charge is 0.462 e. The van der Waals surface area contributed by atoms with Gasteiger partial charge in [0.1, 0.15) is 6.10 Å². The Labute approximate surface area is 293 Å². The second kappa shape index (κ2) is 19.6. The first kappa shape index (κ1) is 39.0. The van der Waals surface area contributed by atoms with Crippen molar-refractivity contribution >= 4 is 5.97 Å². The average molecular weight is 653 g/mol. The van der Waals surface area contributed by atoms with Gasteiger partial charge < -0.3 is 4.74 Å².